The highest BCUT2D eigenvalue weighted by molar-refractivity contribution is 5.99. The maximum Gasteiger partial charge on any atom is 0.197 e. The Labute approximate surface area is 163 Å². The van der Waals surface area contributed by atoms with E-state index >= 15 is 0 Å². The second-order valence-electron chi connectivity index (χ2n) is 8.27. The largest absolute Gasteiger partial charge is 0.550 e. The van der Waals surface area contributed by atoms with Crippen LogP contribution in [0, 0.1) is 0 Å². The fraction of sp³-hybridized carbons (Fsp3) is 0.714. The van der Waals surface area contributed by atoms with E-state index < -0.39 is 23.8 Å². The van der Waals surface area contributed by atoms with Crippen molar-refractivity contribution in [2.24, 2.45) is 0 Å². The molecule has 156 valence electrons. The SMILES string of the molecule is CCCCCCCCCC=CC(O)=CC(=O)C(O)(CC(=O)[O-])C[N+](C)(C)C. The molecule has 0 aliphatic heterocycles. The van der Waals surface area contributed by atoms with Gasteiger partial charge in [-0.15, -0.1) is 0 Å². The van der Waals surface area contributed by atoms with Gasteiger partial charge in [0.05, 0.1) is 21.1 Å². The lowest BCUT2D eigenvalue weighted by atomic mass is 9.92. The fourth-order valence-electron chi connectivity index (χ4n) is 2.98. The molecule has 1 atom stereocenters. The van der Waals surface area contributed by atoms with Gasteiger partial charge in [0.15, 0.2) is 11.4 Å². The zero-order valence-corrected chi connectivity index (χ0v) is 17.4. The zero-order valence-electron chi connectivity index (χ0n) is 17.4. The second kappa shape index (κ2) is 12.7. The van der Waals surface area contributed by atoms with Crippen LogP contribution >= 0.6 is 0 Å². The van der Waals surface area contributed by atoms with E-state index in [0.717, 1.165) is 25.3 Å². The van der Waals surface area contributed by atoms with Gasteiger partial charge in [-0.05, 0) is 18.9 Å². The van der Waals surface area contributed by atoms with Crippen molar-refractivity contribution in [2.75, 3.05) is 27.7 Å². The average Bonchev–Trinajstić information content (AvgIpc) is 2.50. The molecule has 0 saturated heterocycles. The lowest BCUT2D eigenvalue weighted by Crippen LogP contribution is -2.55. The third-order valence-corrected chi connectivity index (χ3v) is 4.17. The Bertz CT molecular complexity index is 519. The monoisotopic (exact) mass is 383 g/mol. The molecule has 0 aliphatic rings. The van der Waals surface area contributed by atoms with E-state index in [0.29, 0.717) is 0 Å². The summed E-state index contributed by atoms with van der Waals surface area (Å²) in [5.41, 5.74) is -2.11. The van der Waals surface area contributed by atoms with E-state index in [4.69, 9.17) is 0 Å². The van der Waals surface area contributed by atoms with Crippen LogP contribution in [0.4, 0.5) is 0 Å². The predicted octanol–water partition coefficient (Wildman–Crippen LogP) is 2.27. The molecule has 1 unspecified atom stereocenters. The second-order valence-corrected chi connectivity index (χ2v) is 8.27. The Balaban J connectivity index is 4.57. The molecule has 0 bridgehead atoms. The number of carbonyl (C=O) groups excluding carboxylic acids is 2. The van der Waals surface area contributed by atoms with E-state index in [1.54, 1.807) is 27.2 Å². The minimum atomic E-state index is -2.11. The van der Waals surface area contributed by atoms with Crippen molar-refractivity contribution in [1.29, 1.82) is 0 Å². The zero-order chi connectivity index (χ0) is 20.9. The third-order valence-electron chi connectivity index (χ3n) is 4.17. The summed E-state index contributed by atoms with van der Waals surface area (Å²) in [4.78, 5) is 23.2. The van der Waals surface area contributed by atoms with Gasteiger partial charge in [0.25, 0.3) is 0 Å². The van der Waals surface area contributed by atoms with Crippen LogP contribution in [0.2, 0.25) is 0 Å². The van der Waals surface area contributed by atoms with Gasteiger partial charge >= 0.3 is 0 Å². The molecule has 0 aromatic heterocycles. The molecule has 0 aliphatic carbocycles. The number of carboxylic acid groups (broad SMARTS) is 1. The highest BCUT2D eigenvalue weighted by Crippen LogP contribution is 2.17. The van der Waals surface area contributed by atoms with Crippen LogP contribution in [0.3, 0.4) is 0 Å². The van der Waals surface area contributed by atoms with Crippen molar-refractivity contribution in [2.45, 2.75) is 70.3 Å². The summed E-state index contributed by atoms with van der Waals surface area (Å²) < 4.78 is 0.193. The minimum absolute atomic E-state index is 0.106. The molecule has 0 saturated carbocycles. The van der Waals surface area contributed by atoms with Crippen LogP contribution in [-0.4, -0.2) is 59.7 Å². The molecule has 2 N–H and O–H groups in total. The molecule has 0 aromatic carbocycles. The van der Waals surface area contributed by atoms with Crippen LogP contribution in [0.25, 0.3) is 0 Å². The Morgan fingerprint density at radius 1 is 1.04 bits per heavy atom. The number of allylic oxidation sites excluding steroid dienone is 2. The van der Waals surface area contributed by atoms with Crippen LogP contribution in [0.1, 0.15) is 64.7 Å². The van der Waals surface area contributed by atoms with Gasteiger partial charge in [0.1, 0.15) is 12.3 Å². The van der Waals surface area contributed by atoms with Crippen molar-refractivity contribution >= 4 is 11.8 Å². The number of carbonyl (C=O) groups is 2. The normalized spacial score (nSPS) is 15.1. The molecular weight excluding hydrogens is 346 g/mol. The summed E-state index contributed by atoms with van der Waals surface area (Å²) in [6.07, 6.45) is 12.5. The van der Waals surface area contributed by atoms with E-state index in [-0.39, 0.29) is 16.8 Å². The number of rotatable bonds is 15. The van der Waals surface area contributed by atoms with Gasteiger partial charge < -0.3 is 24.6 Å². The van der Waals surface area contributed by atoms with Crippen molar-refractivity contribution in [3.63, 3.8) is 0 Å². The quantitative estimate of drug-likeness (QED) is 0.149. The van der Waals surface area contributed by atoms with Crippen molar-refractivity contribution < 1.29 is 29.4 Å². The van der Waals surface area contributed by atoms with Gasteiger partial charge in [0, 0.05) is 18.5 Å². The number of ketones is 1. The molecule has 0 amide bonds. The van der Waals surface area contributed by atoms with Gasteiger partial charge in [-0.25, -0.2) is 0 Å². The van der Waals surface area contributed by atoms with E-state index in [2.05, 4.69) is 6.92 Å². The number of aliphatic carboxylic acids is 1. The van der Waals surface area contributed by atoms with E-state index in [1.165, 1.54) is 38.2 Å². The van der Waals surface area contributed by atoms with Gasteiger partial charge in [0.2, 0.25) is 0 Å². The minimum Gasteiger partial charge on any atom is -0.550 e. The third kappa shape index (κ3) is 13.2. The standard InChI is InChI=1S/C21H37NO5/c1-5-6-7-8-9-10-11-12-13-14-18(23)15-19(24)21(27,16-20(25)26)17-22(2,3)4/h13-15,27H,5-12,16-17H2,1-4H3,(H-,23,24,25,26). The lowest BCUT2D eigenvalue weighted by molar-refractivity contribution is -0.875. The van der Waals surface area contributed by atoms with Crippen LogP contribution in [-0.2, 0) is 9.59 Å². The molecule has 0 spiro atoms. The highest BCUT2D eigenvalue weighted by Gasteiger charge is 2.40. The topological polar surface area (TPSA) is 97.7 Å². The maximum absolute atomic E-state index is 12.3. The first kappa shape index (κ1) is 25.3. The molecular formula is C21H37NO5. The number of unbranched alkanes of at least 4 members (excludes halogenated alkanes) is 7. The number of quaternary nitrogens is 1. The van der Waals surface area contributed by atoms with Crippen LogP contribution in [0.15, 0.2) is 24.0 Å². The first-order valence-electron chi connectivity index (χ1n) is 9.84. The first-order valence-corrected chi connectivity index (χ1v) is 9.84. The number of nitrogens with zero attached hydrogens (tertiary/aromatic N) is 1. The molecule has 0 radical (unpaired) electrons. The molecule has 27 heavy (non-hydrogen) atoms. The van der Waals surface area contributed by atoms with E-state index in [1.807, 2.05) is 0 Å². The molecule has 0 rings (SSSR count). The Morgan fingerprint density at radius 2 is 1.59 bits per heavy atom. The number of hydrogen-bond acceptors (Lipinski definition) is 5. The molecule has 6 nitrogen and oxygen atoms in total. The Hall–Kier alpha value is -1.66. The maximum atomic E-state index is 12.3. The van der Waals surface area contributed by atoms with Crippen molar-refractivity contribution in [3.05, 3.63) is 24.0 Å². The highest BCUT2D eigenvalue weighted by atomic mass is 16.4. The first-order chi connectivity index (χ1) is 12.5. The Kier molecular flexibility index (Phi) is 11.9. The lowest BCUT2D eigenvalue weighted by Gasteiger charge is -2.34. The van der Waals surface area contributed by atoms with E-state index in [9.17, 15) is 24.9 Å². The molecule has 0 heterocycles. The van der Waals surface area contributed by atoms with Crippen molar-refractivity contribution in [1.82, 2.24) is 0 Å². The number of carboxylic acids is 1. The van der Waals surface area contributed by atoms with Crippen LogP contribution in [0.5, 0.6) is 0 Å². The number of hydrogen-bond donors (Lipinski definition) is 2. The summed E-state index contributed by atoms with van der Waals surface area (Å²) in [6.45, 7) is 2.09. The number of aliphatic hydroxyl groups is 2. The molecule has 0 aromatic rings. The van der Waals surface area contributed by atoms with Gasteiger partial charge in [-0.3, -0.25) is 4.79 Å². The molecule has 6 heteroatoms. The van der Waals surface area contributed by atoms with Gasteiger partial charge in [-0.1, -0.05) is 51.5 Å². The smallest absolute Gasteiger partial charge is 0.197 e. The number of likely N-dealkylation sites (N-methyl/N-ethyl adjacent to an activating group) is 1. The predicted molar refractivity (Wildman–Crippen MR) is 105 cm³/mol. The number of aliphatic hydroxyl groups excluding tert-OH is 1. The van der Waals surface area contributed by atoms with Crippen LogP contribution < -0.4 is 5.11 Å². The Morgan fingerprint density at radius 3 is 2.11 bits per heavy atom. The fourth-order valence-corrected chi connectivity index (χ4v) is 2.98. The average molecular weight is 384 g/mol. The summed E-state index contributed by atoms with van der Waals surface area (Å²) >= 11 is 0. The summed E-state index contributed by atoms with van der Waals surface area (Å²) in [5, 5.41) is 31.3. The summed E-state index contributed by atoms with van der Waals surface area (Å²) in [5.74, 6) is -2.64. The van der Waals surface area contributed by atoms with Crippen molar-refractivity contribution in [3.8, 4) is 0 Å². The molecule has 0 fully saturated rings. The summed E-state index contributed by atoms with van der Waals surface area (Å²) in [7, 11) is 5.21. The van der Waals surface area contributed by atoms with Gasteiger partial charge in [-0.2, -0.15) is 0 Å². The summed E-state index contributed by atoms with van der Waals surface area (Å²) in [6, 6.07) is 0.